The fourth-order valence-electron chi connectivity index (χ4n) is 3.60. The maximum Gasteiger partial charge on any atom is 0.268 e. The summed E-state index contributed by atoms with van der Waals surface area (Å²) in [6.07, 6.45) is 11.4. The van der Waals surface area contributed by atoms with Crippen molar-refractivity contribution in [2.24, 2.45) is 11.8 Å². The van der Waals surface area contributed by atoms with Gasteiger partial charge in [0.1, 0.15) is 6.61 Å². The lowest BCUT2D eigenvalue weighted by Gasteiger charge is -2.36. The Hall–Kier alpha value is -0.180. The molecule has 0 saturated heterocycles. The number of hydrogen-bond donors (Lipinski definition) is 0. The minimum atomic E-state index is -2.68. The summed E-state index contributed by atoms with van der Waals surface area (Å²) >= 11 is 0. The summed E-state index contributed by atoms with van der Waals surface area (Å²) < 4.78 is 30.8. The molecule has 1 nitrogen and oxygen atoms in total. The lowest BCUT2D eigenvalue weighted by atomic mass is 9.73. The normalized spacial score (nSPS) is 31.5. The van der Waals surface area contributed by atoms with E-state index < -0.39 is 12.5 Å². The third-order valence-corrected chi connectivity index (χ3v) is 4.61. The zero-order chi connectivity index (χ0) is 13.0. The molecule has 18 heavy (non-hydrogen) atoms. The fourth-order valence-corrected chi connectivity index (χ4v) is 3.60. The number of ether oxygens (including phenoxy) is 1. The Kier molecular flexibility index (Phi) is 4.99. The highest BCUT2D eigenvalue weighted by Crippen LogP contribution is 2.39. The molecule has 0 atom stereocenters. The van der Waals surface area contributed by atoms with Gasteiger partial charge in [-0.15, -0.1) is 0 Å². The summed E-state index contributed by atoms with van der Waals surface area (Å²) in [4.78, 5) is 0. The number of halogens is 2. The molecule has 0 bridgehead atoms. The molecule has 0 aliphatic heterocycles. The first-order chi connectivity index (χ1) is 8.54. The van der Waals surface area contributed by atoms with Crippen molar-refractivity contribution in [1.29, 1.82) is 0 Å². The third kappa shape index (κ3) is 4.49. The minimum absolute atomic E-state index is 0.0793. The predicted octanol–water partition coefficient (Wildman–Crippen LogP) is 4.80. The molecule has 0 N–H and O–H groups in total. The van der Waals surface area contributed by atoms with E-state index in [1.54, 1.807) is 0 Å². The van der Waals surface area contributed by atoms with Gasteiger partial charge in [-0.3, -0.25) is 0 Å². The Bertz CT molecular complexity index is 235. The average Bonchev–Trinajstić information content (AvgIpc) is 2.37. The molecule has 2 aliphatic carbocycles. The van der Waals surface area contributed by atoms with Gasteiger partial charge < -0.3 is 4.74 Å². The van der Waals surface area contributed by atoms with Crippen molar-refractivity contribution in [2.45, 2.75) is 76.7 Å². The van der Waals surface area contributed by atoms with Crippen LogP contribution in [0.15, 0.2) is 0 Å². The zero-order valence-electron chi connectivity index (χ0n) is 11.5. The molecule has 0 aromatic heterocycles. The molecule has 0 radical (unpaired) electrons. The second-order valence-corrected chi connectivity index (χ2v) is 6.32. The van der Waals surface area contributed by atoms with Crippen LogP contribution in [0, 0.1) is 11.8 Å². The number of rotatable bonds is 4. The molecule has 0 aromatic carbocycles. The highest BCUT2D eigenvalue weighted by molar-refractivity contribution is 4.80. The molecule has 2 fully saturated rings. The van der Waals surface area contributed by atoms with Gasteiger partial charge in [0.15, 0.2) is 0 Å². The molecule has 2 saturated carbocycles. The minimum Gasteiger partial charge on any atom is -0.372 e. The van der Waals surface area contributed by atoms with Crippen LogP contribution >= 0.6 is 0 Å². The van der Waals surface area contributed by atoms with Crippen LogP contribution in [-0.4, -0.2) is 18.6 Å². The smallest absolute Gasteiger partial charge is 0.268 e. The van der Waals surface area contributed by atoms with Crippen LogP contribution in [0.5, 0.6) is 0 Å². The maximum absolute atomic E-state index is 12.7. The van der Waals surface area contributed by atoms with E-state index in [1.807, 2.05) is 0 Å². The van der Waals surface area contributed by atoms with Crippen LogP contribution in [0.1, 0.15) is 64.7 Å². The predicted molar refractivity (Wildman–Crippen MR) is 68.9 cm³/mol. The molecule has 3 heteroatoms. The molecular weight excluding hydrogens is 234 g/mol. The Labute approximate surface area is 109 Å². The monoisotopic (exact) mass is 260 g/mol. The quantitative estimate of drug-likeness (QED) is 0.705. The summed E-state index contributed by atoms with van der Waals surface area (Å²) in [5, 5.41) is 0. The SMILES string of the molecule is CC(F)(F)COC1CCC(C2CCCCC2)CC1. The van der Waals surface area contributed by atoms with Gasteiger partial charge in [-0.2, -0.15) is 0 Å². The van der Waals surface area contributed by atoms with Crippen molar-refractivity contribution in [1.82, 2.24) is 0 Å². The van der Waals surface area contributed by atoms with Gasteiger partial charge in [0.05, 0.1) is 6.10 Å². The lowest BCUT2D eigenvalue weighted by Crippen LogP contribution is -2.30. The van der Waals surface area contributed by atoms with Crippen molar-refractivity contribution < 1.29 is 13.5 Å². The van der Waals surface area contributed by atoms with Crippen molar-refractivity contribution in [3.8, 4) is 0 Å². The van der Waals surface area contributed by atoms with Gasteiger partial charge >= 0.3 is 0 Å². The van der Waals surface area contributed by atoms with E-state index in [9.17, 15) is 8.78 Å². The summed E-state index contributed by atoms with van der Waals surface area (Å²) in [6.45, 7) is 0.520. The number of hydrogen-bond acceptors (Lipinski definition) is 1. The Morgan fingerprint density at radius 3 is 2.00 bits per heavy atom. The van der Waals surface area contributed by atoms with E-state index >= 15 is 0 Å². The van der Waals surface area contributed by atoms with E-state index in [1.165, 1.54) is 44.9 Å². The standard InChI is InChI=1S/C15H26F2O/c1-15(16,17)11-18-14-9-7-13(8-10-14)12-5-3-2-4-6-12/h12-14H,2-11H2,1H3. The van der Waals surface area contributed by atoms with Crippen LogP contribution < -0.4 is 0 Å². The summed E-state index contributed by atoms with van der Waals surface area (Å²) in [5.74, 6) is -0.931. The molecule has 0 amide bonds. The fraction of sp³-hybridized carbons (Fsp3) is 1.00. The summed E-state index contributed by atoms with van der Waals surface area (Å²) in [6, 6.07) is 0. The van der Waals surface area contributed by atoms with Crippen LogP contribution in [0.4, 0.5) is 8.78 Å². The molecule has 0 spiro atoms. The van der Waals surface area contributed by atoms with Gasteiger partial charge in [-0.1, -0.05) is 32.1 Å². The highest BCUT2D eigenvalue weighted by atomic mass is 19.3. The molecule has 0 unspecified atom stereocenters. The van der Waals surface area contributed by atoms with Crippen molar-refractivity contribution in [3.05, 3.63) is 0 Å². The van der Waals surface area contributed by atoms with Crippen molar-refractivity contribution >= 4 is 0 Å². The number of alkyl halides is 2. The molecule has 2 aliphatic rings. The van der Waals surface area contributed by atoms with Crippen LogP contribution in [-0.2, 0) is 4.74 Å². The van der Waals surface area contributed by atoms with E-state index in [0.717, 1.165) is 31.6 Å². The third-order valence-electron chi connectivity index (χ3n) is 4.61. The van der Waals surface area contributed by atoms with Gasteiger partial charge in [0, 0.05) is 6.92 Å². The highest BCUT2D eigenvalue weighted by Gasteiger charge is 2.30. The van der Waals surface area contributed by atoms with Gasteiger partial charge in [0.2, 0.25) is 0 Å². The van der Waals surface area contributed by atoms with Crippen LogP contribution in [0.25, 0.3) is 0 Å². The van der Waals surface area contributed by atoms with Crippen molar-refractivity contribution in [2.75, 3.05) is 6.61 Å². The maximum atomic E-state index is 12.7. The summed E-state index contributed by atoms with van der Waals surface area (Å²) in [7, 11) is 0. The first kappa shape index (κ1) is 14.2. The van der Waals surface area contributed by atoms with Gasteiger partial charge in [-0.05, 0) is 37.5 Å². The second kappa shape index (κ2) is 6.31. The topological polar surface area (TPSA) is 9.23 Å². The van der Waals surface area contributed by atoms with Gasteiger partial charge in [-0.25, -0.2) is 8.78 Å². The van der Waals surface area contributed by atoms with E-state index in [4.69, 9.17) is 4.74 Å². The lowest BCUT2D eigenvalue weighted by molar-refractivity contribution is -0.0981. The first-order valence-electron chi connectivity index (χ1n) is 7.54. The average molecular weight is 260 g/mol. The van der Waals surface area contributed by atoms with Crippen LogP contribution in [0.3, 0.4) is 0 Å². The molecule has 0 heterocycles. The largest absolute Gasteiger partial charge is 0.372 e. The molecule has 106 valence electrons. The van der Waals surface area contributed by atoms with Crippen LogP contribution in [0.2, 0.25) is 0 Å². The van der Waals surface area contributed by atoms with E-state index in [2.05, 4.69) is 0 Å². The molecular formula is C15H26F2O. The Balaban J connectivity index is 1.67. The second-order valence-electron chi connectivity index (χ2n) is 6.32. The first-order valence-corrected chi connectivity index (χ1v) is 7.54. The van der Waals surface area contributed by atoms with E-state index in [-0.39, 0.29) is 6.10 Å². The Morgan fingerprint density at radius 2 is 1.44 bits per heavy atom. The molecule has 0 aromatic rings. The van der Waals surface area contributed by atoms with Gasteiger partial charge in [0.25, 0.3) is 5.92 Å². The molecule has 2 rings (SSSR count). The van der Waals surface area contributed by atoms with Crippen molar-refractivity contribution in [3.63, 3.8) is 0 Å². The Morgan fingerprint density at radius 1 is 0.889 bits per heavy atom. The van der Waals surface area contributed by atoms with E-state index in [0.29, 0.717) is 0 Å². The zero-order valence-corrected chi connectivity index (χ0v) is 11.5. The summed E-state index contributed by atoms with van der Waals surface area (Å²) in [5.41, 5.74) is 0.